The van der Waals surface area contributed by atoms with Crippen LogP contribution in [0.5, 0.6) is 11.5 Å². The first-order valence-corrected chi connectivity index (χ1v) is 8.16. The molecule has 2 aromatic carbocycles. The Balaban J connectivity index is 2.22. The molecule has 0 radical (unpaired) electrons. The van der Waals surface area contributed by atoms with E-state index in [2.05, 4.69) is 27.9 Å². The molecule has 118 valence electrons. The summed E-state index contributed by atoms with van der Waals surface area (Å²) in [5, 5.41) is 11.8. The predicted octanol–water partition coefficient (Wildman–Crippen LogP) is 4.37. The molecule has 0 spiro atoms. The van der Waals surface area contributed by atoms with Crippen LogP contribution in [-0.2, 0) is 6.61 Å². The summed E-state index contributed by atoms with van der Waals surface area (Å²) in [6.45, 7) is 0.998. The van der Waals surface area contributed by atoms with E-state index in [0.717, 1.165) is 14.8 Å². The largest absolute Gasteiger partial charge is 0.493 e. The van der Waals surface area contributed by atoms with Crippen LogP contribution in [0.1, 0.15) is 5.56 Å². The summed E-state index contributed by atoms with van der Waals surface area (Å²) in [7, 11) is 1.62. The van der Waals surface area contributed by atoms with Crippen molar-refractivity contribution in [3.05, 3.63) is 63.8 Å². The van der Waals surface area contributed by atoms with Crippen LogP contribution in [0.15, 0.2) is 54.6 Å². The quantitative estimate of drug-likeness (QED) is 0.534. The Labute approximate surface area is 149 Å². The van der Waals surface area contributed by atoms with E-state index in [9.17, 15) is 0 Å². The van der Waals surface area contributed by atoms with E-state index in [4.69, 9.17) is 14.7 Å². The number of nitriles is 1. The highest BCUT2D eigenvalue weighted by Crippen LogP contribution is 2.39. The normalized spacial score (nSPS) is 10.3. The number of hydrogen-bond donors (Lipinski definition) is 1. The second-order valence-corrected chi connectivity index (χ2v) is 5.80. The maximum atomic E-state index is 8.55. The van der Waals surface area contributed by atoms with Crippen molar-refractivity contribution in [3.8, 4) is 17.6 Å². The fourth-order valence-corrected chi connectivity index (χ4v) is 2.63. The first kappa shape index (κ1) is 17.2. The summed E-state index contributed by atoms with van der Waals surface area (Å²) in [5.41, 5.74) is 1.95. The van der Waals surface area contributed by atoms with Crippen molar-refractivity contribution in [1.82, 2.24) is 0 Å². The highest BCUT2D eigenvalue weighted by Gasteiger charge is 2.14. The second-order valence-electron chi connectivity index (χ2n) is 4.64. The molecular formula is C18H17IN2O2. The van der Waals surface area contributed by atoms with Crippen molar-refractivity contribution in [1.29, 1.82) is 5.26 Å². The van der Waals surface area contributed by atoms with Gasteiger partial charge in [-0.15, -0.1) is 0 Å². The molecule has 0 saturated carbocycles. The molecule has 0 aliphatic rings. The molecule has 23 heavy (non-hydrogen) atoms. The lowest BCUT2D eigenvalue weighted by Crippen LogP contribution is -2.06. The lowest BCUT2D eigenvalue weighted by Gasteiger charge is -2.17. The van der Waals surface area contributed by atoms with Gasteiger partial charge in [0.15, 0.2) is 11.5 Å². The summed E-state index contributed by atoms with van der Waals surface area (Å²) in [6, 6.07) is 15.8. The van der Waals surface area contributed by atoms with Gasteiger partial charge in [-0.05, 0) is 40.3 Å². The molecule has 0 fully saturated rings. The highest BCUT2D eigenvalue weighted by atomic mass is 127. The molecule has 0 aliphatic heterocycles. The molecule has 5 heteroatoms. The second kappa shape index (κ2) is 9.06. The molecule has 0 aromatic heterocycles. The highest BCUT2D eigenvalue weighted by molar-refractivity contribution is 14.1. The van der Waals surface area contributed by atoms with Crippen LogP contribution >= 0.6 is 22.6 Å². The van der Waals surface area contributed by atoms with Crippen molar-refractivity contribution in [3.63, 3.8) is 0 Å². The predicted molar refractivity (Wildman–Crippen MR) is 99.7 cm³/mol. The standard InChI is InChI=1S/C18H17IN2O2/c1-22-16-10-9-15(19)17(21-12-6-5-11-20)18(16)23-13-14-7-3-2-4-8-14/h2-10,21H,12-13H2,1H3/b6-5+. The number of nitrogens with zero attached hydrogens (tertiary/aromatic N) is 1. The Kier molecular flexibility index (Phi) is 6.76. The molecule has 4 nitrogen and oxygen atoms in total. The van der Waals surface area contributed by atoms with Crippen LogP contribution in [0.2, 0.25) is 0 Å². The minimum Gasteiger partial charge on any atom is -0.493 e. The van der Waals surface area contributed by atoms with E-state index in [1.165, 1.54) is 6.08 Å². The molecule has 2 aromatic rings. The maximum absolute atomic E-state index is 8.55. The van der Waals surface area contributed by atoms with E-state index in [-0.39, 0.29) is 0 Å². The minimum absolute atomic E-state index is 0.458. The van der Waals surface area contributed by atoms with Gasteiger partial charge in [-0.1, -0.05) is 36.4 Å². The van der Waals surface area contributed by atoms with E-state index in [1.54, 1.807) is 13.2 Å². The molecule has 0 amide bonds. The Morgan fingerprint density at radius 3 is 2.70 bits per heavy atom. The number of ether oxygens (including phenoxy) is 2. The van der Waals surface area contributed by atoms with Gasteiger partial charge in [-0.25, -0.2) is 0 Å². The van der Waals surface area contributed by atoms with Gasteiger partial charge in [-0.3, -0.25) is 0 Å². The third-order valence-corrected chi connectivity index (χ3v) is 4.00. The molecule has 1 N–H and O–H groups in total. The first-order valence-electron chi connectivity index (χ1n) is 7.08. The lowest BCUT2D eigenvalue weighted by atomic mass is 10.2. The molecule has 0 aliphatic carbocycles. The zero-order valence-corrected chi connectivity index (χ0v) is 14.9. The number of rotatable bonds is 7. The maximum Gasteiger partial charge on any atom is 0.185 e. The topological polar surface area (TPSA) is 54.3 Å². The van der Waals surface area contributed by atoms with Gasteiger partial charge in [0.25, 0.3) is 0 Å². The molecule has 0 saturated heterocycles. The van der Waals surface area contributed by atoms with Gasteiger partial charge in [0, 0.05) is 16.2 Å². The number of anilines is 1. The zero-order valence-electron chi connectivity index (χ0n) is 12.8. The van der Waals surface area contributed by atoms with Crippen LogP contribution in [0.25, 0.3) is 0 Å². The number of benzene rings is 2. The number of allylic oxidation sites excluding steroid dienone is 1. The fourth-order valence-electron chi connectivity index (χ4n) is 2.01. The Morgan fingerprint density at radius 1 is 1.22 bits per heavy atom. The van der Waals surface area contributed by atoms with Crippen LogP contribution in [0.4, 0.5) is 5.69 Å². The average molecular weight is 420 g/mol. The Hall–Kier alpha value is -2.20. The summed E-state index contributed by atoms with van der Waals surface area (Å²) in [6.07, 6.45) is 3.21. The zero-order chi connectivity index (χ0) is 16.5. The Morgan fingerprint density at radius 2 is 2.00 bits per heavy atom. The fraction of sp³-hybridized carbons (Fsp3) is 0.167. The summed E-state index contributed by atoms with van der Waals surface area (Å²) in [5.74, 6) is 1.35. The van der Waals surface area contributed by atoms with Crippen LogP contribution < -0.4 is 14.8 Å². The van der Waals surface area contributed by atoms with E-state index in [1.807, 2.05) is 48.5 Å². The van der Waals surface area contributed by atoms with Crippen LogP contribution in [0, 0.1) is 14.9 Å². The van der Waals surface area contributed by atoms with Gasteiger partial charge < -0.3 is 14.8 Å². The number of nitrogens with one attached hydrogen (secondary N) is 1. The van der Waals surface area contributed by atoms with Crippen LogP contribution in [0.3, 0.4) is 0 Å². The number of hydrogen-bond acceptors (Lipinski definition) is 4. The summed E-state index contributed by atoms with van der Waals surface area (Å²) in [4.78, 5) is 0. The average Bonchev–Trinajstić information content (AvgIpc) is 2.59. The summed E-state index contributed by atoms with van der Waals surface area (Å²) < 4.78 is 12.4. The van der Waals surface area contributed by atoms with Gasteiger partial charge in [0.2, 0.25) is 0 Å². The van der Waals surface area contributed by atoms with Crippen LogP contribution in [-0.4, -0.2) is 13.7 Å². The SMILES string of the molecule is COc1ccc(I)c(NC/C=C/C#N)c1OCc1ccccc1. The van der Waals surface area contributed by atoms with Gasteiger partial charge in [0.1, 0.15) is 6.61 Å². The molecule has 0 bridgehead atoms. The van der Waals surface area contributed by atoms with Crippen molar-refractivity contribution in [2.24, 2.45) is 0 Å². The smallest absolute Gasteiger partial charge is 0.185 e. The van der Waals surface area contributed by atoms with Crippen molar-refractivity contribution < 1.29 is 9.47 Å². The molecular weight excluding hydrogens is 403 g/mol. The number of methoxy groups -OCH3 is 1. The third-order valence-electron chi connectivity index (χ3n) is 3.11. The first-order chi connectivity index (χ1) is 11.3. The van der Waals surface area contributed by atoms with Crippen molar-refractivity contribution in [2.75, 3.05) is 19.0 Å². The van der Waals surface area contributed by atoms with E-state index >= 15 is 0 Å². The van der Waals surface area contributed by atoms with Gasteiger partial charge >= 0.3 is 0 Å². The molecule has 0 unspecified atom stereocenters. The molecule has 2 rings (SSSR count). The van der Waals surface area contributed by atoms with E-state index < -0.39 is 0 Å². The van der Waals surface area contributed by atoms with Crippen molar-refractivity contribution >= 4 is 28.3 Å². The minimum atomic E-state index is 0.458. The number of halogens is 1. The van der Waals surface area contributed by atoms with E-state index in [0.29, 0.717) is 24.7 Å². The summed E-state index contributed by atoms with van der Waals surface area (Å²) >= 11 is 2.25. The van der Waals surface area contributed by atoms with Crippen molar-refractivity contribution in [2.45, 2.75) is 6.61 Å². The van der Waals surface area contributed by atoms with Gasteiger partial charge in [-0.2, -0.15) is 5.26 Å². The van der Waals surface area contributed by atoms with Gasteiger partial charge in [0.05, 0.1) is 18.9 Å². The lowest BCUT2D eigenvalue weighted by molar-refractivity contribution is 0.286. The third kappa shape index (κ3) is 4.89. The monoisotopic (exact) mass is 420 g/mol. The Bertz CT molecular complexity index is 709. The molecule has 0 heterocycles. The molecule has 0 atom stereocenters.